The highest BCUT2D eigenvalue weighted by Gasteiger charge is 2.32. The highest BCUT2D eigenvalue weighted by molar-refractivity contribution is 6.02. The molecule has 0 aromatic carbocycles. The van der Waals surface area contributed by atoms with Gasteiger partial charge in [0.05, 0.1) is 6.04 Å². The van der Waals surface area contributed by atoms with Crippen molar-refractivity contribution < 1.29 is 4.79 Å². The smallest absolute Gasteiger partial charge is 0.345 e. The number of hydrogen-bond donors (Lipinski definition) is 1. The van der Waals surface area contributed by atoms with Crippen LogP contribution in [0, 0.1) is 5.92 Å². The average Bonchev–Trinajstić information content (AvgIpc) is 2.31. The van der Waals surface area contributed by atoms with Gasteiger partial charge in [-0.25, -0.2) is 4.79 Å². The normalized spacial score (nSPS) is 22.0. The summed E-state index contributed by atoms with van der Waals surface area (Å²) in [5.41, 5.74) is 5.73. The SMILES string of the molecule is CCCN1C(=O)N=C(N)C1CC(C)C. The Bertz CT molecular complexity index is 248. The molecule has 1 atom stereocenters. The zero-order valence-electron chi connectivity index (χ0n) is 9.16. The first-order chi connectivity index (χ1) is 6.56. The van der Waals surface area contributed by atoms with Crippen molar-refractivity contribution in [1.29, 1.82) is 0 Å². The summed E-state index contributed by atoms with van der Waals surface area (Å²) < 4.78 is 0. The molecular formula is C10H19N3O. The molecule has 4 nitrogen and oxygen atoms in total. The van der Waals surface area contributed by atoms with E-state index in [4.69, 9.17) is 5.73 Å². The van der Waals surface area contributed by atoms with Crippen LogP contribution in [0.2, 0.25) is 0 Å². The van der Waals surface area contributed by atoms with E-state index in [1.807, 2.05) is 6.92 Å². The minimum atomic E-state index is -0.171. The van der Waals surface area contributed by atoms with E-state index in [1.54, 1.807) is 4.90 Å². The molecule has 1 heterocycles. The van der Waals surface area contributed by atoms with Crippen LogP contribution in [0.25, 0.3) is 0 Å². The number of carbonyl (C=O) groups excluding carboxylic acids is 1. The lowest BCUT2D eigenvalue weighted by molar-refractivity contribution is 0.201. The highest BCUT2D eigenvalue weighted by atomic mass is 16.2. The van der Waals surface area contributed by atoms with Crippen molar-refractivity contribution in [3.8, 4) is 0 Å². The molecule has 0 aromatic heterocycles. The lowest BCUT2D eigenvalue weighted by atomic mass is 10.0. The van der Waals surface area contributed by atoms with Crippen molar-refractivity contribution in [1.82, 2.24) is 4.90 Å². The zero-order chi connectivity index (χ0) is 10.7. The number of carbonyl (C=O) groups is 1. The molecule has 0 aliphatic carbocycles. The standard InChI is InChI=1S/C10H19N3O/c1-4-5-13-8(6-7(2)3)9(11)12-10(13)14/h7-8H,4-6H2,1-3H3,(H2,11,12,14). The van der Waals surface area contributed by atoms with Gasteiger partial charge in [0.2, 0.25) is 0 Å². The first-order valence-electron chi connectivity index (χ1n) is 5.21. The summed E-state index contributed by atoms with van der Waals surface area (Å²) in [5, 5.41) is 0. The Morgan fingerprint density at radius 2 is 2.21 bits per heavy atom. The van der Waals surface area contributed by atoms with E-state index < -0.39 is 0 Å². The first-order valence-corrected chi connectivity index (χ1v) is 5.21. The first kappa shape index (κ1) is 11.0. The van der Waals surface area contributed by atoms with Crippen LogP contribution < -0.4 is 5.73 Å². The van der Waals surface area contributed by atoms with Crippen LogP contribution >= 0.6 is 0 Å². The molecule has 0 bridgehead atoms. The molecule has 4 heteroatoms. The van der Waals surface area contributed by atoms with E-state index in [2.05, 4.69) is 18.8 Å². The maximum absolute atomic E-state index is 11.4. The van der Waals surface area contributed by atoms with Crippen LogP contribution in [-0.4, -0.2) is 29.4 Å². The monoisotopic (exact) mass is 197 g/mol. The third-order valence-electron chi connectivity index (χ3n) is 2.35. The van der Waals surface area contributed by atoms with Crippen molar-refractivity contribution in [3.63, 3.8) is 0 Å². The van der Waals surface area contributed by atoms with Gasteiger partial charge in [0, 0.05) is 6.54 Å². The Labute approximate surface area is 85.2 Å². The Balaban J connectivity index is 2.68. The fraction of sp³-hybridized carbons (Fsp3) is 0.800. The van der Waals surface area contributed by atoms with Crippen LogP contribution in [-0.2, 0) is 0 Å². The van der Waals surface area contributed by atoms with E-state index in [-0.39, 0.29) is 12.1 Å². The number of urea groups is 1. The summed E-state index contributed by atoms with van der Waals surface area (Å²) in [5.74, 6) is 1.01. The maximum atomic E-state index is 11.4. The number of amides is 2. The minimum absolute atomic E-state index is 0.0300. The van der Waals surface area contributed by atoms with E-state index in [1.165, 1.54) is 0 Å². The van der Waals surface area contributed by atoms with Crippen molar-refractivity contribution in [3.05, 3.63) is 0 Å². The zero-order valence-corrected chi connectivity index (χ0v) is 9.16. The average molecular weight is 197 g/mol. The Morgan fingerprint density at radius 3 is 2.71 bits per heavy atom. The Morgan fingerprint density at radius 1 is 1.57 bits per heavy atom. The third-order valence-corrected chi connectivity index (χ3v) is 2.35. The molecule has 14 heavy (non-hydrogen) atoms. The second kappa shape index (κ2) is 4.44. The van der Waals surface area contributed by atoms with Crippen LogP contribution in [0.3, 0.4) is 0 Å². The molecule has 1 aliphatic heterocycles. The summed E-state index contributed by atoms with van der Waals surface area (Å²) in [4.78, 5) is 17.0. The summed E-state index contributed by atoms with van der Waals surface area (Å²) >= 11 is 0. The van der Waals surface area contributed by atoms with Gasteiger partial charge in [-0.3, -0.25) is 0 Å². The number of amidine groups is 1. The number of hydrogen-bond acceptors (Lipinski definition) is 2. The Kier molecular flexibility index (Phi) is 3.49. The van der Waals surface area contributed by atoms with Crippen molar-refractivity contribution in [2.45, 2.75) is 39.7 Å². The molecule has 1 aliphatic rings. The number of aliphatic imine (C=N–C) groups is 1. The van der Waals surface area contributed by atoms with E-state index in [0.717, 1.165) is 19.4 Å². The lowest BCUT2D eigenvalue weighted by Crippen LogP contribution is -2.41. The van der Waals surface area contributed by atoms with Crippen molar-refractivity contribution in [2.24, 2.45) is 16.6 Å². The molecule has 0 saturated heterocycles. The predicted octanol–water partition coefficient (Wildman–Crippen LogP) is 1.60. The molecule has 0 spiro atoms. The van der Waals surface area contributed by atoms with Crippen molar-refractivity contribution >= 4 is 11.9 Å². The van der Waals surface area contributed by atoms with Crippen LogP contribution in [0.15, 0.2) is 4.99 Å². The van der Waals surface area contributed by atoms with Crippen LogP contribution in [0.5, 0.6) is 0 Å². The summed E-state index contributed by atoms with van der Waals surface area (Å²) in [6, 6.07) is -0.141. The molecule has 2 amide bonds. The van der Waals surface area contributed by atoms with Gasteiger partial charge in [0.15, 0.2) is 0 Å². The van der Waals surface area contributed by atoms with Gasteiger partial charge in [0.25, 0.3) is 0 Å². The van der Waals surface area contributed by atoms with Gasteiger partial charge in [-0.15, -0.1) is 0 Å². The van der Waals surface area contributed by atoms with Gasteiger partial charge < -0.3 is 10.6 Å². The van der Waals surface area contributed by atoms with Gasteiger partial charge in [0.1, 0.15) is 5.84 Å². The van der Waals surface area contributed by atoms with Crippen LogP contribution in [0.1, 0.15) is 33.6 Å². The molecule has 0 fully saturated rings. The van der Waals surface area contributed by atoms with Gasteiger partial charge >= 0.3 is 6.03 Å². The summed E-state index contributed by atoms with van der Waals surface area (Å²) in [6.07, 6.45) is 1.85. The van der Waals surface area contributed by atoms with Crippen molar-refractivity contribution in [2.75, 3.05) is 6.54 Å². The van der Waals surface area contributed by atoms with Gasteiger partial charge in [-0.1, -0.05) is 20.8 Å². The Hall–Kier alpha value is -1.06. The molecular weight excluding hydrogens is 178 g/mol. The molecule has 1 unspecified atom stereocenters. The molecule has 1 rings (SSSR count). The fourth-order valence-electron chi connectivity index (χ4n) is 1.73. The van der Waals surface area contributed by atoms with E-state index in [9.17, 15) is 4.79 Å². The molecule has 0 saturated carbocycles. The molecule has 0 radical (unpaired) electrons. The van der Waals surface area contributed by atoms with Crippen LogP contribution in [0.4, 0.5) is 4.79 Å². The third kappa shape index (κ3) is 2.25. The van der Waals surface area contributed by atoms with E-state index in [0.29, 0.717) is 11.8 Å². The minimum Gasteiger partial charge on any atom is -0.385 e. The van der Waals surface area contributed by atoms with Gasteiger partial charge in [-0.05, 0) is 18.8 Å². The number of nitrogens with zero attached hydrogens (tertiary/aromatic N) is 2. The maximum Gasteiger partial charge on any atom is 0.345 e. The number of rotatable bonds is 4. The topological polar surface area (TPSA) is 58.7 Å². The molecule has 2 N–H and O–H groups in total. The summed E-state index contributed by atoms with van der Waals surface area (Å²) in [7, 11) is 0. The highest BCUT2D eigenvalue weighted by Crippen LogP contribution is 2.18. The predicted molar refractivity (Wildman–Crippen MR) is 57.3 cm³/mol. The lowest BCUT2D eigenvalue weighted by Gasteiger charge is -2.24. The molecule has 80 valence electrons. The second-order valence-electron chi connectivity index (χ2n) is 4.16. The van der Waals surface area contributed by atoms with Gasteiger partial charge in [-0.2, -0.15) is 4.99 Å². The summed E-state index contributed by atoms with van der Waals surface area (Å²) in [6.45, 7) is 7.05. The quantitative estimate of drug-likeness (QED) is 0.744. The fourth-order valence-corrected chi connectivity index (χ4v) is 1.73. The second-order valence-corrected chi connectivity index (χ2v) is 4.16. The van der Waals surface area contributed by atoms with E-state index >= 15 is 0 Å². The molecule has 0 aromatic rings. The largest absolute Gasteiger partial charge is 0.385 e. The number of nitrogens with two attached hydrogens (primary N) is 1.